The fraction of sp³-hybridized carbons (Fsp3) is 0.125. The summed E-state index contributed by atoms with van der Waals surface area (Å²) in [6.07, 6.45) is 0. The SMILES string of the molecule is Cc1ccc(NC(=O)CNC(=O)c2cccc(F)c2)cc1. The van der Waals surface area contributed by atoms with Crippen molar-refractivity contribution < 1.29 is 14.0 Å². The van der Waals surface area contributed by atoms with Crippen molar-refractivity contribution in [2.75, 3.05) is 11.9 Å². The van der Waals surface area contributed by atoms with Gasteiger partial charge in [-0.25, -0.2) is 4.39 Å². The maximum atomic E-state index is 13.0. The standard InChI is InChI=1S/C16H15FN2O2/c1-11-5-7-14(8-6-11)19-15(20)10-18-16(21)12-3-2-4-13(17)9-12/h2-9H,10H2,1H3,(H,18,21)(H,19,20). The van der Waals surface area contributed by atoms with Gasteiger partial charge in [0, 0.05) is 11.3 Å². The molecule has 0 aromatic heterocycles. The van der Waals surface area contributed by atoms with Crippen LogP contribution in [0.25, 0.3) is 0 Å². The molecule has 0 aliphatic rings. The Hall–Kier alpha value is -2.69. The van der Waals surface area contributed by atoms with E-state index in [9.17, 15) is 14.0 Å². The topological polar surface area (TPSA) is 58.2 Å². The maximum absolute atomic E-state index is 13.0. The molecule has 0 unspecified atom stereocenters. The molecule has 0 bridgehead atoms. The minimum absolute atomic E-state index is 0.177. The van der Waals surface area contributed by atoms with Crippen LogP contribution in [-0.4, -0.2) is 18.4 Å². The van der Waals surface area contributed by atoms with Crippen molar-refractivity contribution in [2.24, 2.45) is 0 Å². The molecule has 0 fully saturated rings. The Morgan fingerprint density at radius 3 is 2.48 bits per heavy atom. The number of amides is 2. The first-order valence-electron chi connectivity index (χ1n) is 6.45. The van der Waals surface area contributed by atoms with Crippen molar-refractivity contribution in [2.45, 2.75) is 6.92 Å². The predicted octanol–water partition coefficient (Wildman–Crippen LogP) is 2.50. The van der Waals surface area contributed by atoms with Crippen LogP contribution < -0.4 is 10.6 Å². The van der Waals surface area contributed by atoms with Crippen molar-refractivity contribution in [1.82, 2.24) is 5.32 Å². The molecular formula is C16H15FN2O2. The molecule has 0 aliphatic carbocycles. The van der Waals surface area contributed by atoms with Crippen molar-refractivity contribution in [1.29, 1.82) is 0 Å². The zero-order chi connectivity index (χ0) is 15.2. The highest BCUT2D eigenvalue weighted by atomic mass is 19.1. The van der Waals surface area contributed by atoms with Crippen molar-refractivity contribution in [3.63, 3.8) is 0 Å². The van der Waals surface area contributed by atoms with E-state index in [0.717, 1.165) is 11.6 Å². The van der Waals surface area contributed by atoms with E-state index in [1.165, 1.54) is 18.2 Å². The van der Waals surface area contributed by atoms with E-state index < -0.39 is 11.7 Å². The van der Waals surface area contributed by atoms with Gasteiger partial charge >= 0.3 is 0 Å². The lowest BCUT2D eigenvalue weighted by molar-refractivity contribution is -0.115. The Labute approximate surface area is 122 Å². The second kappa shape index (κ2) is 6.65. The van der Waals surface area contributed by atoms with Gasteiger partial charge in [0.05, 0.1) is 6.54 Å². The van der Waals surface area contributed by atoms with Gasteiger partial charge in [-0.15, -0.1) is 0 Å². The van der Waals surface area contributed by atoms with Gasteiger partial charge in [0.2, 0.25) is 5.91 Å². The summed E-state index contributed by atoms with van der Waals surface area (Å²) in [5.74, 6) is -1.33. The van der Waals surface area contributed by atoms with Crippen molar-refractivity contribution in [3.8, 4) is 0 Å². The molecule has 2 N–H and O–H groups in total. The summed E-state index contributed by atoms with van der Waals surface area (Å²) in [4.78, 5) is 23.4. The highest BCUT2D eigenvalue weighted by molar-refractivity contribution is 5.99. The summed E-state index contributed by atoms with van der Waals surface area (Å²) in [5.41, 5.74) is 1.93. The molecule has 0 saturated heterocycles. The monoisotopic (exact) mass is 286 g/mol. The van der Waals surface area contributed by atoms with E-state index in [1.54, 1.807) is 12.1 Å². The van der Waals surface area contributed by atoms with Gasteiger partial charge in [0.1, 0.15) is 5.82 Å². The molecule has 2 aromatic rings. The van der Waals surface area contributed by atoms with Crippen LogP contribution in [0.5, 0.6) is 0 Å². The molecule has 2 aromatic carbocycles. The molecule has 5 heteroatoms. The van der Waals surface area contributed by atoms with Gasteiger partial charge in [0.15, 0.2) is 0 Å². The zero-order valence-corrected chi connectivity index (χ0v) is 11.5. The van der Waals surface area contributed by atoms with Crippen LogP contribution in [-0.2, 0) is 4.79 Å². The lowest BCUT2D eigenvalue weighted by Crippen LogP contribution is -2.32. The number of aryl methyl sites for hydroxylation is 1. The number of hydrogen-bond donors (Lipinski definition) is 2. The average molecular weight is 286 g/mol. The third-order valence-corrected chi connectivity index (χ3v) is 2.83. The van der Waals surface area contributed by atoms with Gasteiger partial charge in [-0.2, -0.15) is 0 Å². The third-order valence-electron chi connectivity index (χ3n) is 2.83. The maximum Gasteiger partial charge on any atom is 0.251 e. The van der Waals surface area contributed by atoms with Crippen molar-refractivity contribution >= 4 is 17.5 Å². The highest BCUT2D eigenvalue weighted by Crippen LogP contribution is 2.08. The summed E-state index contributed by atoms with van der Waals surface area (Å²) in [5, 5.41) is 5.10. The minimum Gasteiger partial charge on any atom is -0.343 e. The van der Waals surface area contributed by atoms with Gasteiger partial charge in [0.25, 0.3) is 5.91 Å². The molecule has 0 heterocycles. The molecule has 2 rings (SSSR count). The first-order chi connectivity index (χ1) is 10.0. The van der Waals surface area contributed by atoms with E-state index in [0.29, 0.717) is 5.69 Å². The minimum atomic E-state index is -0.494. The van der Waals surface area contributed by atoms with Crippen LogP contribution in [0.4, 0.5) is 10.1 Å². The molecule has 108 valence electrons. The second-order valence-electron chi connectivity index (χ2n) is 4.61. The smallest absolute Gasteiger partial charge is 0.251 e. The second-order valence-corrected chi connectivity index (χ2v) is 4.61. The van der Waals surface area contributed by atoms with Gasteiger partial charge in [-0.1, -0.05) is 23.8 Å². The molecule has 0 atom stereocenters. The average Bonchev–Trinajstić information content (AvgIpc) is 2.47. The Morgan fingerprint density at radius 2 is 1.81 bits per heavy atom. The van der Waals surface area contributed by atoms with Crippen LogP contribution in [0.3, 0.4) is 0 Å². The van der Waals surface area contributed by atoms with E-state index in [1.807, 2.05) is 19.1 Å². The molecular weight excluding hydrogens is 271 g/mol. The number of hydrogen-bond acceptors (Lipinski definition) is 2. The van der Waals surface area contributed by atoms with Gasteiger partial charge < -0.3 is 10.6 Å². The van der Waals surface area contributed by atoms with Crippen LogP contribution >= 0.6 is 0 Å². The molecule has 2 amide bonds. The van der Waals surface area contributed by atoms with E-state index >= 15 is 0 Å². The molecule has 21 heavy (non-hydrogen) atoms. The number of anilines is 1. The van der Waals surface area contributed by atoms with E-state index in [-0.39, 0.29) is 18.0 Å². The summed E-state index contributed by atoms with van der Waals surface area (Å²) in [6, 6.07) is 12.6. The molecule has 0 radical (unpaired) electrons. The Balaban J connectivity index is 1.86. The number of halogens is 1. The van der Waals surface area contributed by atoms with Crippen molar-refractivity contribution in [3.05, 3.63) is 65.5 Å². The van der Waals surface area contributed by atoms with Gasteiger partial charge in [-0.3, -0.25) is 9.59 Å². The first-order valence-corrected chi connectivity index (χ1v) is 6.45. The number of benzene rings is 2. The first kappa shape index (κ1) is 14.7. The lowest BCUT2D eigenvalue weighted by atomic mass is 10.2. The predicted molar refractivity (Wildman–Crippen MR) is 78.5 cm³/mol. The zero-order valence-electron chi connectivity index (χ0n) is 11.5. The van der Waals surface area contributed by atoms with Gasteiger partial charge in [-0.05, 0) is 37.3 Å². The number of rotatable bonds is 4. The summed E-state index contributed by atoms with van der Waals surface area (Å²) in [6.45, 7) is 1.77. The number of nitrogens with one attached hydrogen (secondary N) is 2. The molecule has 0 saturated carbocycles. The molecule has 4 nitrogen and oxygen atoms in total. The Kier molecular flexibility index (Phi) is 4.66. The van der Waals surface area contributed by atoms with E-state index in [2.05, 4.69) is 10.6 Å². The fourth-order valence-corrected chi connectivity index (χ4v) is 1.73. The Morgan fingerprint density at radius 1 is 1.10 bits per heavy atom. The third kappa shape index (κ3) is 4.42. The van der Waals surface area contributed by atoms with E-state index in [4.69, 9.17) is 0 Å². The number of carbonyl (C=O) groups is 2. The van der Waals surface area contributed by atoms with Crippen LogP contribution in [0.1, 0.15) is 15.9 Å². The molecule has 0 spiro atoms. The largest absolute Gasteiger partial charge is 0.343 e. The molecule has 0 aliphatic heterocycles. The highest BCUT2D eigenvalue weighted by Gasteiger charge is 2.08. The summed E-state index contributed by atoms with van der Waals surface area (Å²) in [7, 11) is 0. The Bertz CT molecular complexity index is 654. The fourth-order valence-electron chi connectivity index (χ4n) is 1.73. The van der Waals surface area contributed by atoms with Crippen LogP contribution in [0, 0.1) is 12.7 Å². The van der Waals surface area contributed by atoms with Crippen LogP contribution in [0.15, 0.2) is 48.5 Å². The summed E-state index contributed by atoms with van der Waals surface area (Å²) >= 11 is 0. The van der Waals surface area contributed by atoms with Crippen LogP contribution in [0.2, 0.25) is 0 Å². The quantitative estimate of drug-likeness (QED) is 0.907. The normalized spacial score (nSPS) is 10.0. The lowest BCUT2D eigenvalue weighted by Gasteiger charge is -2.07. The number of carbonyl (C=O) groups excluding carboxylic acids is 2. The summed E-state index contributed by atoms with van der Waals surface area (Å²) < 4.78 is 13.0.